The Balaban J connectivity index is 1.69. The first kappa shape index (κ1) is 21.4. The lowest BCUT2D eigenvalue weighted by Gasteiger charge is -2.22. The van der Waals surface area contributed by atoms with Gasteiger partial charge in [0.1, 0.15) is 17.7 Å². The van der Waals surface area contributed by atoms with Crippen LogP contribution in [0.25, 0.3) is 0 Å². The molecule has 158 valence electrons. The van der Waals surface area contributed by atoms with E-state index >= 15 is 0 Å². The highest BCUT2D eigenvalue weighted by molar-refractivity contribution is 5.92. The van der Waals surface area contributed by atoms with Crippen molar-refractivity contribution in [1.29, 1.82) is 0 Å². The molecular formula is C22H22F2N2O4. The fraction of sp³-hybridized carbons (Fsp3) is 0.318. The summed E-state index contributed by atoms with van der Waals surface area (Å²) in [7, 11) is 1.22. The van der Waals surface area contributed by atoms with Gasteiger partial charge in [-0.3, -0.25) is 9.59 Å². The smallest absolute Gasteiger partial charge is 0.333 e. The van der Waals surface area contributed by atoms with Crippen molar-refractivity contribution in [3.05, 3.63) is 71.3 Å². The summed E-state index contributed by atoms with van der Waals surface area (Å²) in [5.74, 6) is -3.31. The molecule has 0 heterocycles. The number of ether oxygens (including phenoxy) is 1. The molecule has 3 rings (SSSR count). The van der Waals surface area contributed by atoms with Crippen LogP contribution in [0.4, 0.5) is 8.78 Å². The summed E-state index contributed by atoms with van der Waals surface area (Å²) >= 11 is 0. The van der Waals surface area contributed by atoms with Crippen LogP contribution in [0.15, 0.2) is 48.5 Å². The van der Waals surface area contributed by atoms with Crippen LogP contribution in [0.1, 0.15) is 30.0 Å². The summed E-state index contributed by atoms with van der Waals surface area (Å²) in [6.45, 7) is 0. The molecule has 2 N–H and O–H groups in total. The first-order valence-electron chi connectivity index (χ1n) is 9.55. The SMILES string of the molecule is COC(=O)[C@@H](NC(=O)[C@@H](NC(=O)Cc1cc(F)cc(F)c1)C1CC1)c1ccccc1. The second-order valence-electron chi connectivity index (χ2n) is 7.21. The van der Waals surface area contributed by atoms with Crippen molar-refractivity contribution >= 4 is 17.8 Å². The van der Waals surface area contributed by atoms with Crippen molar-refractivity contribution in [1.82, 2.24) is 10.6 Å². The van der Waals surface area contributed by atoms with E-state index in [2.05, 4.69) is 10.6 Å². The number of rotatable bonds is 8. The van der Waals surface area contributed by atoms with Gasteiger partial charge in [0, 0.05) is 6.07 Å². The van der Waals surface area contributed by atoms with E-state index in [4.69, 9.17) is 4.74 Å². The largest absolute Gasteiger partial charge is 0.467 e. The van der Waals surface area contributed by atoms with Gasteiger partial charge in [0.15, 0.2) is 6.04 Å². The molecule has 1 aliphatic rings. The zero-order valence-corrected chi connectivity index (χ0v) is 16.4. The zero-order chi connectivity index (χ0) is 21.7. The fourth-order valence-electron chi connectivity index (χ4n) is 3.22. The minimum atomic E-state index is -1.01. The monoisotopic (exact) mass is 416 g/mol. The average Bonchev–Trinajstić information content (AvgIpc) is 3.54. The molecule has 0 bridgehead atoms. The molecule has 0 radical (unpaired) electrons. The van der Waals surface area contributed by atoms with Gasteiger partial charge in [-0.2, -0.15) is 0 Å². The number of benzene rings is 2. The molecule has 0 unspecified atom stereocenters. The Bertz CT molecular complexity index is 912. The molecule has 1 saturated carbocycles. The number of carbonyl (C=O) groups is 3. The summed E-state index contributed by atoms with van der Waals surface area (Å²) in [4.78, 5) is 37.5. The maximum atomic E-state index is 13.3. The minimum absolute atomic E-state index is 0.0627. The van der Waals surface area contributed by atoms with Crippen molar-refractivity contribution < 1.29 is 27.9 Å². The Labute approximate surface area is 172 Å². The number of esters is 1. The molecule has 8 heteroatoms. The molecule has 2 aromatic rings. The number of methoxy groups -OCH3 is 1. The van der Waals surface area contributed by atoms with E-state index in [1.54, 1.807) is 30.3 Å². The molecule has 0 aromatic heterocycles. The lowest BCUT2D eigenvalue weighted by molar-refractivity contribution is -0.145. The number of nitrogens with one attached hydrogen (secondary N) is 2. The summed E-state index contributed by atoms with van der Waals surface area (Å²) in [5, 5.41) is 5.28. The van der Waals surface area contributed by atoms with E-state index in [-0.39, 0.29) is 17.9 Å². The predicted molar refractivity (Wildman–Crippen MR) is 104 cm³/mol. The molecule has 6 nitrogen and oxygen atoms in total. The Morgan fingerprint density at radius 1 is 1.03 bits per heavy atom. The quantitative estimate of drug-likeness (QED) is 0.648. The maximum absolute atomic E-state index is 13.3. The van der Waals surface area contributed by atoms with E-state index in [0.717, 1.165) is 31.0 Å². The van der Waals surface area contributed by atoms with Crippen LogP contribution in [-0.2, 0) is 25.5 Å². The van der Waals surface area contributed by atoms with Crippen LogP contribution >= 0.6 is 0 Å². The van der Waals surface area contributed by atoms with Gasteiger partial charge in [-0.25, -0.2) is 13.6 Å². The van der Waals surface area contributed by atoms with Gasteiger partial charge in [-0.1, -0.05) is 30.3 Å². The zero-order valence-electron chi connectivity index (χ0n) is 16.4. The molecule has 0 saturated heterocycles. The second kappa shape index (κ2) is 9.47. The molecule has 0 aliphatic heterocycles. The van der Waals surface area contributed by atoms with Crippen LogP contribution in [0, 0.1) is 17.6 Å². The summed E-state index contributed by atoms with van der Waals surface area (Å²) in [6.07, 6.45) is 1.23. The molecule has 2 amide bonds. The Morgan fingerprint density at radius 3 is 2.23 bits per heavy atom. The Kier molecular flexibility index (Phi) is 6.76. The third kappa shape index (κ3) is 5.62. The van der Waals surface area contributed by atoms with Crippen molar-refractivity contribution in [2.45, 2.75) is 31.3 Å². The van der Waals surface area contributed by atoms with Crippen LogP contribution in [0.2, 0.25) is 0 Å². The first-order chi connectivity index (χ1) is 14.4. The van der Waals surface area contributed by atoms with Gasteiger partial charge in [0.25, 0.3) is 0 Å². The van der Waals surface area contributed by atoms with Gasteiger partial charge < -0.3 is 15.4 Å². The highest BCUT2D eigenvalue weighted by Gasteiger charge is 2.39. The normalized spacial score (nSPS) is 15.0. The van der Waals surface area contributed by atoms with Crippen molar-refractivity contribution in [3.8, 4) is 0 Å². The predicted octanol–water partition coefficient (Wildman–Crippen LogP) is 2.43. The molecular weight excluding hydrogens is 394 g/mol. The molecule has 0 spiro atoms. The first-order valence-corrected chi connectivity index (χ1v) is 9.55. The van der Waals surface area contributed by atoms with Gasteiger partial charge in [0.2, 0.25) is 11.8 Å². The van der Waals surface area contributed by atoms with Gasteiger partial charge in [0.05, 0.1) is 13.5 Å². The molecule has 2 atom stereocenters. The van der Waals surface area contributed by atoms with E-state index < -0.39 is 41.5 Å². The van der Waals surface area contributed by atoms with Crippen molar-refractivity contribution in [3.63, 3.8) is 0 Å². The van der Waals surface area contributed by atoms with Crippen molar-refractivity contribution in [2.24, 2.45) is 5.92 Å². The third-order valence-electron chi connectivity index (χ3n) is 4.84. The topological polar surface area (TPSA) is 84.5 Å². The highest BCUT2D eigenvalue weighted by atomic mass is 19.1. The number of amides is 2. The van der Waals surface area contributed by atoms with Crippen LogP contribution in [0.3, 0.4) is 0 Å². The summed E-state index contributed by atoms with van der Waals surface area (Å²) < 4.78 is 31.5. The number of carbonyl (C=O) groups excluding carboxylic acids is 3. The van der Waals surface area contributed by atoms with E-state index in [1.165, 1.54) is 7.11 Å². The average molecular weight is 416 g/mol. The molecule has 30 heavy (non-hydrogen) atoms. The summed E-state index contributed by atoms with van der Waals surface area (Å²) in [6, 6.07) is 9.60. The number of halogens is 2. The van der Waals surface area contributed by atoms with Crippen LogP contribution in [0.5, 0.6) is 0 Å². The molecule has 1 aliphatic carbocycles. The van der Waals surface area contributed by atoms with E-state index in [0.29, 0.717) is 5.56 Å². The second-order valence-corrected chi connectivity index (χ2v) is 7.21. The molecule has 1 fully saturated rings. The van der Waals surface area contributed by atoms with Gasteiger partial charge >= 0.3 is 5.97 Å². The number of hydrogen-bond acceptors (Lipinski definition) is 4. The van der Waals surface area contributed by atoms with E-state index in [1.807, 2.05) is 0 Å². The third-order valence-corrected chi connectivity index (χ3v) is 4.84. The van der Waals surface area contributed by atoms with Gasteiger partial charge in [-0.15, -0.1) is 0 Å². The van der Waals surface area contributed by atoms with Gasteiger partial charge in [-0.05, 0) is 42.0 Å². The standard InChI is InChI=1S/C22H22F2N2O4/c1-30-22(29)20(14-5-3-2-4-6-14)26-21(28)19(15-7-8-15)25-18(27)11-13-9-16(23)12-17(24)10-13/h2-6,9-10,12,15,19-20H,7-8,11H2,1H3,(H,25,27)(H,26,28)/t19-,20-/m0/s1. The highest BCUT2D eigenvalue weighted by Crippen LogP contribution is 2.33. The maximum Gasteiger partial charge on any atom is 0.333 e. The minimum Gasteiger partial charge on any atom is -0.467 e. The Morgan fingerprint density at radius 2 is 1.67 bits per heavy atom. The number of hydrogen-bond donors (Lipinski definition) is 2. The van der Waals surface area contributed by atoms with Crippen LogP contribution < -0.4 is 10.6 Å². The van der Waals surface area contributed by atoms with Crippen molar-refractivity contribution in [2.75, 3.05) is 7.11 Å². The molecule has 2 aromatic carbocycles. The lowest BCUT2D eigenvalue weighted by Crippen LogP contribution is -2.50. The fourth-order valence-corrected chi connectivity index (χ4v) is 3.22. The van der Waals surface area contributed by atoms with E-state index in [9.17, 15) is 23.2 Å². The Hall–Kier alpha value is -3.29. The summed E-state index contributed by atoms with van der Waals surface area (Å²) in [5.41, 5.74) is 0.713. The van der Waals surface area contributed by atoms with Crippen LogP contribution in [-0.4, -0.2) is 30.9 Å². The lowest BCUT2D eigenvalue weighted by atomic mass is 10.1.